The SMILES string of the molecule is CC(C(=O)NC1CCCCCC1)C(N)=S. The first-order chi connectivity index (χ1) is 7.11. The van der Waals surface area contributed by atoms with E-state index in [0.29, 0.717) is 6.04 Å². The van der Waals surface area contributed by atoms with Gasteiger partial charge in [0.05, 0.1) is 10.9 Å². The van der Waals surface area contributed by atoms with Gasteiger partial charge in [0.1, 0.15) is 0 Å². The molecule has 0 aliphatic heterocycles. The maximum atomic E-state index is 11.7. The van der Waals surface area contributed by atoms with Crippen LogP contribution in [0.1, 0.15) is 45.4 Å². The van der Waals surface area contributed by atoms with Crippen LogP contribution in [0, 0.1) is 5.92 Å². The second kappa shape index (κ2) is 6.05. The highest BCUT2D eigenvalue weighted by atomic mass is 32.1. The summed E-state index contributed by atoms with van der Waals surface area (Å²) in [6.45, 7) is 1.76. The van der Waals surface area contributed by atoms with E-state index in [0.717, 1.165) is 12.8 Å². The summed E-state index contributed by atoms with van der Waals surface area (Å²) in [4.78, 5) is 12.0. The molecule has 3 nitrogen and oxygen atoms in total. The molecule has 15 heavy (non-hydrogen) atoms. The Morgan fingerprint density at radius 3 is 2.33 bits per heavy atom. The van der Waals surface area contributed by atoms with Gasteiger partial charge in [0.15, 0.2) is 0 Å². The number of hydrogen-bond acceptors (Lipinski definition) is 2. The average molecular weight is 228 g/mol. The normalized spacial score (nSPS) is 20.3. The number of carbonyl (C=O) groups excluding carboxylic acids is 1. The Balaban J connectivity index is 2.38. The molecule has 4 heteroatoms. The molecule has 0 saturated heterocycles. The van der Waals surface area contributed by atoms with Gasteiger partial charge in [0.25, 0.3) is 0 Å². The highest BCUT2D eigenvalue weighted by Crippen LogP contribution is 2.17. The maximum Gasteiger partial charge on any atom is 0.229 e. The summed E-state index contributed by atoms with van der Waals surface area (Å²) >= 11 is 4.81. The summed E-state index contributed by atoms with van der Waals surface area (Å²) in [5.74, 6) is -0.363. The lowest BCUT2D eigenvalue weighted by molar-refractivity contribution is -0.123. The molecule has 0 aromatic carbocycles. The molecule has 1 saturated carbocycles. The molecule has 1 unspecified atom stereocenters. The highest BCUT2D eigenvalue weighted by molar-refractivity contribution is 7.80. The van der Waals surface area contributed by atoms with E-state index >= 15 is 0 Å². The van der Waals surface area contributed by atoms with E-state index in [2.05, 4.69) is 5.32 Å². The predicted octanol–water partition coefficient (Wildman–Crippen LogP) is 1.75. The molecule has 1 fully saturated rings. The minimum absolute atomic E-state index is 0.0191. The van der Waals surface area contributed by atoms with Gasteiger partial charge in [-0.25, -0.2) is 0 Å². The van der Waals surface area contributed by atoms with Crippen LogP contribution in [0.25, 0.3) is 0 Å². The van der Waals surface area contributed by atoms with Gasteiger partial charge < -0.3 is 11.1 Å². The molecular weight excluding hydrogens is 208 g/mol. The number of carbonyl (C=O) groups is 1. The van der Waals surface area contributed by atoms with Crippen molar-refractivity contribution in [3.63, 3.8) is 0 Å². The van der Waals surface area contributed by atoms with Gasteiger partial charge in [0.2, 0.25) is 5.91 Å². The number of thiocarbonyl (C=S) groups is 1. The minimum atomic E-state index is -0.344. The molecule has 0 aromatic heterocycles. The van der Waals surface area contributed by atoms with Crippen LogP contribution in [0.4, 0.5) is 0 Å². The summed E-state index contributed by atoms with van der Waals surface area (Å²) in [7, 11) is 0. The molecule has 0 bridgehead atoms. The standard InChI is InChI=1S/C11H20N2OS/c1-8(10(12)15)11(14)13-9-6-4-2-3-5-7-9/h8-9H,2-7H2,1H3,(H2,12,15)(H,13,14). The van der Waals surface area contributed by atoms with Crippen molar-refractivity contribution in [3.8, 4) is 0 Å². The van der Waals surface area contributed by atoms with E-state index in [4.69, 9.17) is 18.0 Å². The average Bonchev–Trinajstić information content (AvgIpc) is 2.45. The second-order valence-corrected chi connectivity index (χ2v) is 4.79. The summed E-state index contributed by atoms with van der Waals surface area (Å²) < 4.78 is 0. The van der Waals surface area contributed by atoms with Gasteiger partial charge in [-0.05, 0) is 19.8 Å². The number of nitrogens with two attached hydrogens (primary N) is 1. The third kappa shape index (κ3) is 4.16. The van der Waals surface area contributed by atoms with Crippen LogP contribution in [0.2, 0.25) is 0 Å². The van der Waals surface area contributed by atoms with E-state index in [1.165, 1.54) is 25.7 Å². The fourth-order valence-electron chi connectivity index (χ4n) is 1.88. The predicted molar refractivity (Wildman–Crippen MR) is 65.6 cm³/mol. The topological polar surface area (TPSA) is 55.1 Å². The lowest BCUT2D eigenvalue weighted by atomic mass is 10.1. The molecular formula is C11H20N2OS. The van der Waals surface area contributed by atoms with Crippen molar-refractivity contribution in [2.24, 2.45) is 11.7 Å². The zero-order valence-corrected chi connectivity index (χ0v) is 10.1. The molecule has 0 aromatic rings. The Morgan fingerprint density at radius 1 is 1.33 bits per heavy atom. The Kier molecular flexibility index (Phi) is 5.02. The second-order valence-electron chi connectivity index (χ2n) is 4.32. The quantitative estimate of drug-likeness (QED) is 0.571. The molecule has 86 valence electrons. The maximum absolute atomic E-state index is 11.7. The fourth-order valence-corrected chi connectivity index (χ4v) is 1.99. The van der Waals surface area contributed by atoms with Crippen molar-refractivity contribution in [3.05, 3.63) is 0 Å². The molecule has 0 radical (unpaired) electrons. The number of nitrogens with one attached hydrogen (secondary N) is 1. The van der Waals surface area contributed by atoms with Crippen molar-refractivity contribution in [1.82, 2.24) is 5.32 Å². The largest absolute Gasteiger partial charge is 0.393 e. The molecule has 1 amide bonds. The van der Waals surface area contributed by atoms with Crippen LogP contribution in [0.5, 0.6) is 0 Å². The summed E-state index contributed by atoms with van der Waals surface area (Å²) in [5.41, 5.74) is 5.44. The van der Waals surface area contributed by atoms with E-state index in [1.807, 2.05) is 0 Å². The first kappa shape index (κ1) is 12.4. The molecule has 0 heterocycles. The number of hydrogen-bond donors (Lipinski definition) is 2. The van der Waals surface area contributed by atoms with Crippen LogP contribution >= 0.6 is 12.2 Å². The van der Waals surface area contributed by atoms with Crippen molar-refractivity contribution in [1.29, 1.82) is 0 Å². The van der Waals surface area contributed by atoms with Gasteiger partial charge >= 0.3 is 0 Å². The molecule has 1 rings (SSSR count). The molecule has 1 aliphatic carbocycles. The summed E-state index contributed by atoms with van der Waals surface area (Å²) in [6, 6.07) is 0.330. The number of amides is 1. The van der Waals surface area contributed by atoms with E-state index in [1.54, 1.807) is 6.92 Å². The van der Waals surface area contributed by atoms with E-state index < -0.39 is 0 Å². The van der Waals surface area contributed by atoms with E-state index in [-0.39, 0.29) is 16.8 Å². The van der Waals surface area contributed by atoms with Crippen LogP contribution in [-0.2, 0) is 4.79 Å². The first-order valence-electron chi connectivity index (χ1n) is 5.71. The highest BCUT2D eigenvalue weighted by Gasteiger charge is 2.20. The smallest absolute Gasteiger partial charge is 0.229 e. The van der Waals surface area contributed by atoms with E-state index in [9.17, 15) is 4.79 Å². The zero-order chi connectivity index (χ0) is 11.3. The van der Waals surface area contributed by atoms with Gasteiger partial charge in [0, 0.05) is 6.04 Å². The first-order valence-corrected chi connectivity index (χ1v) is 6.12. The Labute approximate surface area is 96.8 Å². The Bertz CT molecular complexity index is 235. The summed E-state index contributed by atoms with van der Waals surface area (Å²) in [5, 5.41) is 3.03. The fraction of sp³-hybridized carbons (Fsp3) is 0.818. The number of rotatable bonds is 3. The molecule has 0 spiro atoms. The Hall–Kier alpha value is -0.640. The van der Waals surface area contributed by atoms with Gasteiger partial charge in [-0.3, -0.25) is 4.79 Å². The molecule has 3 N–H and O–H groups in total. The van der Waals surface area contributed by atoms with Crippen molar-refractivity contribution in [2.75, 3.05) is 0 Å². The lowest BCUT2D eigenvalue weighted by Gasteiger charge is -2.18. The van der Waals surface area contributed by atoms with Crippen LogP contribution in [-0.4, -0.2) is 16.9 Å². The van der Waals surface area contributed by atoms with Crippen molar-refractivity contribution >= 4 is 23.1 Å². The van der Waals surface area contributed by atoms with Crippen LogP contribution in [0.3, 0.4) is 0 Å². The van der Waals surface area contributed by atoms with Gasteiger partial charge in [-0.2, -0.15) is 0 Å². The van der Waals surface area contributed by atoms with Gasteiger partial charge in [-0.1, -0.05) is 37.9 Å². The van der Waals surface area contributed by atoms with Crippen molar-refractivity contribution in [2.45, 2.75) is 51.5 Å². The van der Waals surface area contributed by atoms with Crippen LogP contribution < -0.4 is 11.1 Å². The molecule has 1 aliphatic rings. The lowest BCUT2D eigenvalue weighted by Crippen LogP contribution is -2.41. The van der Waals surface area contributed by atoms with Crippen LogP contribution in [0.15, 0.2) is 0 Å². The zero-order valence-electron chi connectivity index (χ0n) is 9.29. The minimum Gasteiger partial charge on any atom is -0.393 e. The molecule has 1 atom stereocenters. The third-order valence-electron chi connectivity index (χ3n) is 3.02. The monoisotopic (exact) mass is 228 g/mol. The van der Waals surface area contributed by atoms with Crippen molar-refractivity contribution < 1.29 is 4.79 Å². The third-order valence-corrected chi connectivity index (χ3v) is 3.38. The summed E-state index contributed by atoms with van der Waals surface area (Å²) in [6.07, 6.45) is 7.19. The van der Waals surface area contributed by atoms with Gasteiger partial charge in [-0.15, -0.1) is 0 Å². The Morgan fingerprint density at radius 2 is 1.87 bits per heavy atom.